The van der Waals surface area contributed by atoms with E-state index in [1.54, 1.807) is 0 Å². The van der Waals surface area contributed by atoms with Crippen molar-refractivity contribution in [2.45, 2.75) is 25.3 Å². The van der Waals surface area contributed by atoms with Crippen LogP contribution in [0.15, 0.2) is 18.2 Å². The van der Waals surface area contributed by atoms with Crippen molar-refractivity contribution >= 4 is 0 Å². The third kappa shape index (κ3) is 2.55. The summed E-state index contributed by atoms with van der Waals surface area (Å²) in [5.41, 5.74) is 2.09. The largest absolute Gasteiger partial charge is 0.396 e. The molecule has 1 fully saturated rings. The average molecular weight is 209 g/mol. The van der Waals surface area contributed by atoms with Gasteiger partial charge < -0.3 is 10.4 Å². The highest BCUT2D eigenvalue weighted by Gasteiger charge is 2.18. The smallest absolute Gasteiger partial charge is 0.123 e. The average Bonchev–Trinajstić information content (AvgIpc) is 2.14. The van der Waals surface area contributed by atoms with Crippen LogP contribution in [0.25, 0.3) is 0 Å². The first-order valence-electron chi connectivity index (χ1n) is 5.41. The van der Waals surface area contributed by atoms with Gasteiger partial charge in [-0.05, 0) is 49.1 Å². The zero-order valence-electron chi connectivity index (χ0n) is 8.67. The molecular weight excluding hydrogens is 193 g/mol. The molecule has 0 radical (unpaired) electrons. The molecule has 1 atom stereocenters. The van der Waals surface area contributed by atoms with Gasteiger partial charge in [-0.3, -0.25) is 0 Å². The Morgan fingerprint density at radius 2 is 2.20 bits per heavy atom. The SMILES string of the molecule is OCCc1cc(F)ccc1C[C@H]1CCN1. The van der Waals surface area contributed by atoms with Crippen molar-refractivity contribution in [2.24, 2.45) is 0 Å². The lowest BCUT2D eigenvalue weighted by molar-refractivity contribution is 0.298. The fraction of sp³-hybridized carbons (Fsp3) is 0.500. The first kappa shape index (κ1) is 10.6. The third-order valence-electron chi connectivity index (χ3n) is 2.94. The minimum Gasteiger partial charge on any atom is -0.396 e. The molecule has 0 amide bonds. The van der Waals surface area contributed by atoms with Crippen molar-refractivity contribution in [1.29, 1.82) is 0 Å². The lowest BCUT2D eigenvalue weighted by atomic mass is 9.94. The Hall–Kier alpha value is -0.930. The molecule has 15 heavy (non-hydrogen) atoms. The second-order valence-corrected chi connectivity index (χ2v) is 4.03. The van der Waals surface area contributed by atoms with Crippen LogP contribution < -0.4 is 5.32 Å². The fourth-order valence-electron chi connectivity index (χ4n) is 1.93. The predicted octanol–water partition coefficient (Wildman–Crippen LogP) is 1.26. The summed E-state index contributed by atoms with van der Waals surface area (Å²) >= 11 is 0. The molecule has 0 bridgehead atoms. The van der Waals surface area contributed by atoms with Crippen LogP contribution in [0, 0.1) is 5.82 Å². The Labute approximate surface area is 89.1 Å². The number of benzene rings is 1. The molecule has 2 N–H and O–H groups in total. The summed E-state index contributed by atoms with van der Waals surface area (Å²) in [6.07, 6.45) is 2.67. The molecule has 2 rings (SSSR count). The number of rotatable bonds is 4. The van der Waals surface area contributed by atoms with E-state index < -0.39 is 0 Å². The van der Waals surface area contributed by atoms with Gasteiger partial charge in [-0.1, -0.05) is 6.07 Å². The van der Waals surface area contributed by atoms with E-state index >= 15 is 0 Å². The van der Waals surface area contributed by atoms with Gasteiger partial charge in [0, 0.05) is 12.6 Å². The van der Waals surface area contributed by atoms with Gasteiger partial charge in [0.25, 0.3) is 0 Å². The first-order chi connectivity index (χ1) is 7.29. The quantitative estimate of drug-likeness (QED) is 0.782. The summed E-state index contributed by atoms with van der Waals surface area (Å²) in [4.78, 5) is 0. The second kappa shape index (κ2) is 4.73. The summed E-state index contributed by atoms with van der Waals surface area (Å²) in [6.45, 7) is 1.16. The number of hydrogen-bond acceptors (Lipinski definition) is 2. The highest BCUT2D eigenvalue weighted by molar-refractivity contribution is 5.29. The molecule has 82 valence electrons. The van der Waals surface area contributed by atoms with Gasteiger partial charge in [-0.25, -0.2) is 4.39 Å². The number of hydrogen-bond donors (Lipinski definition) is 2. The van der Waals surface area contributed by atoms with E-state index in [0.717, 1.165) is 24.1 Å². The third-order valence-corrected chi connectivity index (χ3v) is 2.94. The van der Waals surface area contributed by atoms with Crippen molar-refractivity contribution in [3.63, 3.8) is 0 Å². The van der Waals surface area contributed by atoms with Crippen LogP contribution in [0.5, 0.6) is 0 Å². The van der Waals surface area contributed by atoms with E-state index in [4.69, 9.17) is 5.11 Å². The van der Waals surface area contributed by atoms with Crippen molar-refractivity contribution in [3.05, 3.63) is 35.1 Å². The maximum absolute atomic E-state index is 13.0. The van der Waals surface area contributed by atoms with Crippen LogP contribution >= 0.6 is 0 Å². The van der Waals surface area contributed by atoms with Crippen LogP contribution in [-0.4, -0.2) is 24.3 Å². The van der Waals surface area contributed by atoms with Crippen LogP contribution in [0.4, 0.5) is 4.39 Å². The van der Waals surface area contributed by atoms with E-state index in [-0.39, 0.29) is 12.4 Å². The number of aliphatic hydroxyl groups excluding tert-OH is 1. The standard InChI is InChI=1S/C12H16FNO/c13-11-2-1-9(8-12-3-5-14-12)10(7-11)4-6-15/h1-2,7,12,14-15H,3-6,8H2/t12-/m1/s1. The monoisotopic (exact) mass is 209 g/mol. The summed E-state index contributed by atoms with van der Waals surface area (Å²) < 4.78 is 13.0. The molecule has 0 aromatic heterocycles. The summed E-state index contributed by atoms with van der Waals surface area (Å²) in [6, 6.07) is 5.40. The minimum absolute atomic E-state index is 0.0779. The molecule has 1 aliphatic rings. The molecule has 1 saturated heterocycles. The summed E-state index contributed by atoms with van der Waals surface area (Å²) in [5.74, 6) is -0.219. The maximum Gasteiger partial charge on any atom is 0.123 e. The van der Waals surface area contributed by atoms with Gasteiger partial charge in [0.1, 0.15) is 5.82 Å². The lowest BCUT2D eigenvalue weighted by Gasteiger charge is -2.28. The normalized spacial score (nSPS) is 20.0. The zero-order valence-corrected chi connectivity index (χ0v) is 8.67. The van der Waals surface area contributed by atoms with Crippen LogP contribution in [-0.2, 0) is 12.8 Å². The molecule has 1 aromatic rings. The predicted molar refractivity (Wildman–Crippen MR) is 57.3 cm³/mol. The van der Waals surface area contributed by atoms with Crippen molar-refractivity contribution in [3.8, 4) is 0 Å². The molecule has 1 aliphatic heterocycles. The summed E-state index contributed by atoms with van der Waals surface area (Å²) in [7, 11) is 0. The minimum atomic E-state index is -0.219. The van der Waals surface area contributed by atoms with Crippen LogP contribution in [0.2, 0.25) is 0 Å². The number of halogens is 1. The Morgan fingerprint density at radius 1 is 1.40 bits per heavy atom. The Bertz CT molecular complexity index is 336. The molecule has 2 nitrogen and oxygen atoms in total. The molecule has 0 spiro atoms. The van der Waals surface area contributed by atoms with Crippen molar-refractivity contribution < 1.29 is 9.50 Å². The first-order valence-corrected chi connectivity index (χ1v) is 5.41. The molecule has 0 aliphatic carbocycles. The van der Waals surface area contributed by atoms with E-state index in [2.05, 4.69) is 5.32 Å². The molecule has 0 unspecified atom stereocenters. The topological polar surface area (TPSA) is 32.3 Å². The molecule has 0 saturated carbocycles. The van der Waals surface area contributed by atoms with Gasteiger partial charge in [-0.2, -0.15) is 0 Å². The van der Waals surface area contributed by atoms with Gasteiger partial charge in [0.15, 0.2) is 0 Å². The molecular formula is C12H16FNO. The van der Waals surface area contributed by atoms with E-state index in [9.17, 15) is 4.39 Å². The Kier molecular flexibility index (Phi) is 3.34. The van der Waals surface area contributed by atoms with Crippen LogP contribution in [0.1, 0.15) is 17.5 Å². The van der Waals surface area contributed by atoms with Crippen molar-refractivity contribution in [1.82, 2.24) is 5.32 Å². The number of nitrogens with one attached hydrogen (secondary N) is 1. The fourth-order valence-corrected chi connectivity index (χ4v) is 1.93. The van der Waals surface area contributed by atoms with E-state index in [1.165, 1.54) is 18.6 Å². The van der Waals surface area contributed by atoms with Gasteiger partial charge in [0.2, 0.25) is 0 Å². The number of aliphatic hydroxyl groups is 1. The van der Waals surface area contributed by atoms with Gasteiger partial charge >= 0.3 is 0 Å². The highest BCUT2D eigenvalue weighted by Crippen LogP contribution is 2.17. The zero-order chi connectivity index (χ0) is 10.7. The molecule has 1 aromatic carbocycles. The summed E-state index contributed by atoms with van der Waals surface area (Å²) in [5, 5.41) is 12.2. The van der Waals surface area contributed by atoms with Crippen LogP contribution in [0.3, 0.4) is 0 Å². The molecule has 3 heteroatoms. The maximum atomic E-state index is 13.0. The Balaban J connectivity index is 2.12. The van der Waals surface area contributed by atoms with Crippen molar-refractivity contribution in [2.75, 3.05) is 13.2 Å². The lowest BCUT2D eigenvalue weighted by Crippen LogP contribution is -2.44. The molecule has 1 heterocycles. The van der Waals surface area contributed by atoms with E-state index in [0.29, 0.717) is 12.5 Å². The van der Waals surface area contributed by atoms with Gasteiger partial charge in [0.05, 0.1) is 0 Å². The second-order valence-electron chi connectivity index (χ2n) is 4.03. The van der Waals surface area contributed by atoms with E-state index in [1.807, 2.05) is 6.07 Å². The van der Waals surface area contributed by atoms with Gasteiger partial charge in [-0.15, -0.1) is 0 Å². The Morgan fingerprint density at radius 3 is 2.80 bits per heavy atom. The highest BCUT2D eigenvalue weighted by atomic mass is 19.1.